The first-order valence-electron chi connectivity index (χ1n) is 5.49. The van der Waals surface area contributed by atoms with E-state index in [1.54, 1.807) is 19.2 Å². The van der Waals surface area contributed by atoms with E-state index in [1.165, 1.54) is 12.0 Å². The van der Waals surface area contributed by atoms with Gasteiger partial charge in [-0.25, -0.2) is 0 Å². The number of esters is 1. The molecule has 1 amide bonds. The number of nitrogens with zero attached hydrogens (tertiary/aromatic N) is 1. The third kappa shape index (κ3) is 3.62. The molecule has 0 unspecified atom stereocenters. The first-order chi connectivity index (χ1) is 8.08. The molecule has 0 aliphatic carbocycles. The summed E-state index contributed by atoms with van der Waals surface area (Å²) in [6.07, 6.45) is 0.930. The molecule has 0 fully saturated rings. The third-order valence-electron chi connectivity index (χ3n) is 2.45. The van der Waals surface area contributed by atoms with E-state index in [0.717, 1.165) is 12.2 Å². The second-order valence-electron chi connectivity index (χ2n) is 3.67. The number of aryl methyl sites for hydroxylation is 1. The highest BCUT2D eigenvalue weighted by Crippen LogP contribution is 2.10. The smallest absolute Gasteiger partial charge is 0.307 e. The number of hydrogen-bond donors (Lipinski definition) is 0. The lowest BCUT2D eigenvalue weighted by atomic mass is 10.3. The molecule has 5 nitrogen and oxygen atoms in total. The molecule has 0 radical (unpaired) electrons. The minimum Gasteiger partial charge on any atom is -0.469 e. The van der Waals surface area contributed by atoms with Gasteiger partial charge in [-0.15, -0.1) is 0 Å². The Hall–Kier alpha value is -1.78. The van der Waals surface area contributed by atoms with Crippen LogP contribution in [-0.2, 0) is 16.0 Å². The Morgan fingerprint density at radius 3 is 2.65 bits per heavy atom. The predicted octanol–water partition coefficient (Wildman–Crippen LogP) is 1.48. The van der Waals surface area contributed by atoms with Gasteiger partial charge in [-0.1, -0.05) is 6.92 Å². The van der Waals surface area contributed by atoms with Gasteiger partial charge < -0.3 is 14.1 Å². The SMILES string of the molecule is CCc1ccc(C(=O)N(C)CCC(=O)OC)o1. The van der Waals surface area contributed by atoms with Gasteiger partial charge in [0.2, 0.25) is 0 Å². The summed E-state index contributed by atoms with van der Waals surface area (Å²) in [5.74, 6) is 0.510. The second-order valence-corrected chi connectivity index (χ2v) is 3.67. The van der Waals surface area contributed by atoms with Gasteiger partial charge in [-0.3, -0.25) is 9.59 Å². The van der Waals surface area contributed by atoms with Crippen molar-refractivity contribution in [3.05, 3.63) is 23.7 Å². The van der Waals surface area contributed by atoms with E-state index < -0.39 is 0 Å². The first-order valence-corrected chi connectivity index (χ1v) is 5.49. The quantitative estimate of drug-likeness (QED) is 0.730. The average Bonchev–Trinajstić information content (AvgIpc) is 2.83. The van der Waals surface area contributed by atoms with Gasteiger partial charge in [0.15, 0.2) is 5.76 Å². The number of hydrogen-bond acceptors (Lipinski definition) is 4. The summed E-state index contributed by atoms with van der Waals surface area (Å²) in [6.45, 7) is 2.27. The van der Waals surface area contributed by atoms with Crippen molar-refractivity contribution in [3.63, 3.8) is 0 Å². The maximum atomic E-state index is 11.9. The number of carbonyl (C=O) groups excluding carboxylic acids is 2. The van der Waals surface area contributed by atoms with Gasteiger partial charge in [0, 0.05) is 20.0 Å². The zero-order chi connectivity index (χ0) is 12.8. The van der Waals surface area contributed by atoms with Crippen LogP contribution in [0.1, 0.15) is 29.7 Å². The molecule has 0 N–H and O–H groups in total. The summed E-state index contributed by atoms with van der Waals surface area (Å²) in [6, 6.07) is 3.43. The molecule has 0 saturated heterocycles. The van der Waals surface area contributed by atoms with Crippen LogP contribution >= 0.6 is 0 Å². The zero-order valence-electron chi connectivity index (χ0n) is 10.4. The van der Waals surface area contributed by atoms with E-state index in [0.29, 0.717) is 12.3 Å². The highest BCUT2D eigenvalue weighted by atomic mass is 16.5. The zero-order valence-corrected chi connectivity index (χ0v) is 10.4. The summed E-state index contributed by atoms with van der Waals surface area (Å²) in [7, 11) is 2.95. The maximum absolute atomic E-state index is 11.9. The number of furan rings is 1. The normalized spacial score (nSPS) is 10.1. The number of amides is 1. The molecule has 1 aromatic rings. The van der Waals surface area contributed by atoms with Crippen LogP contribution in [0.5, 0.6) is 0 Å². The van der Waals surface area contributed by atoms with Gasteiger partial charge in [0.25, 0.3) is 5.91 Å². The molecule has 1 aromatic heterocycles. The summed E-state index contributed by atoms with van der Waals surface area (Å²) in [5, 5.41) is 0. The van der Waals surface area contributed by atoms with Crippen LogP contribution < -0.4 is 0 Å². The van der Waals surface area contributed by atoms with E-state index in [4.69, 9.17) is 4.42 Å². The Kier molecular flexibility index (Phi) is 4.75. The number of methoxy groups -OCH3 is 1. The number of carbonyl (C=O) groups is 2. The molecule has 0 spiro atoms. The molecule has 0 bridgehead atoms. The van der Waals surface area contributed by atoms with E-state index in [1.807, 2.05) is 6.92 Å². The molecule has 0 atom stereocenters. The number of rotatable bonds is 5. The van der Waals surface area contributed by atoms with Crippen molar-refractivity contribution < 1.29 is 18.7 Å². The lowest BCUT2D eigenvalue weighted by Crippen LogP contribution is -2.28. The van der Waals surface area contributed by atoms with Crippen LogP contribution in [0.3, 0.4) is 0 Å². The molecule has 94 valence electrons. The van der Waals surface area contributed by atoms with E-state index >= 15 is 0 Å². The van der Waals surface area contributed by atoms with E-state index in [-0.39, 0.29) is 18.3 Å². The van der Waals surface area contributed by atoms with E-state index in [9.17, 15) is 9.59 Å². The lowest BCUT2D eigenvalue weighted by Gasteiger charge is -2.14. The lowest BCUT2D eigenvalue weighted by molar-refractivity contribution is -0.140. The Morgan fingerprint density at radius 1 is 1.41 bits per heavy atom. The topological polar surface area (TPSA) is 59.8 Å². The van der Waals surface area contributed by atoms with Crippen LogP contribution in [0.25, 0.3) is 0 Å². The Morgan fingerprint density at radius 2 is 2.12 bits per heavy atom. The Labute approximate surface area is 100 Å². The van der Waals surface area contributed by atoms with Crippen LogP contribution in [0, 0.1) is 0 Å². The summed E-state index contributed by atoms with van der Waals surface area (Å²) >= 11 is 0. The fourth-order valence-corrected chi connectivity index (χ4v) is 1.33. The monoisotopic (exact) mass is 239 g/mol. The van der Waals surface area contributed by atoms with Gasteiger partial charge in [-0.2, -0.15) is 0 Å². The molecule has 5 heteroatoms. The predicted molar refractivity (Wildman–Crippen MR) is 61.7 cm³/mol. The summed E-state index contributed by atoms with van der Waals surface area (Å²) < 4.78 is 9.85. The van der Waals surface area contributed by atoms with Crippen molar-refractivity contribution in [3.8, 4) is 0 Å². The van der Waals surface area contributed by atoms with Gasteiger partial charge >= 0.3 is 5.97 Å². The molecule has 0 aliphatic heterocycles. The van der Waals surface area contributed by atoms with Crippen molar-refractivity contribution in [2.24, 2.45) is 0 Å². The first kappa shape index (κ1) is 13.3. The molecular weight excluding hydrogens is 222 g/mol. The standard InChI is InChI=1S/C12H17NO4/c1-4-9-5-6-10(17-9)12(15)13(2)8-7-11(14)16-3/h5-6H,4,7-8H2,1-3H3. The minimum atomic E-state index is -0.335. The third-order valence-corrected chi connectivity index (χ3v) is 2.45. The molecule has 1 rings (SSSR count). The Bertz CT molecular complexity index is 397. The fraction of sp³-hybridized carbons (Fsp3) is 0.500. The molecule has 1 heterocycles. The molecule has 0 saturated carbocycles. The van der Waals surface area contributed by atoms with E-state index in [2.05, 4.69) is 4.74 Å². The molecular formula is C12H17NO4. The second kappa shape index (κ2) is 6.08. The molecule has 0 aromatic carbocycles. The fourth-order valence-electron chi connectivity index (χ4n) is 1.33. The van der Waals surface area contributed by atoms with Crippen molar-refractivity contribution in [2.75, 3.05) is 20.7 Å². The van der Waals surface area contributed by atoms with Gasteiger partial charge in [0.1, 0.15) is 5.76 Å². The van der Waals surface area contributed by atoms with Crippen LogP contribution in [0.2, 0.25) is 0 Å². The van der Waals surface area contributed by atoms with Gasteiger partial charge in [-0.05, 0) is 12.1 Å². The Balaban J connectivity index is 2.54. The summed E-state index contributed by atoms with van der Waals surface area (Å²) in [4.78, 5) is 24.2. The highest BCUT2D eigenvalue weighted by Gasteiger charge is 2.16. The van der Waals surface area contributed by atoms with Crippen LogP contribution in [0.15, 0.2) is 16.5 Å². The highest BCUT2D eigenvalue weighted by molar-refractivity contribution is 5.91. The summed E-state index contributed by atoms with van der Waals surface area (Å²) in [5.41, 5.74) is 0. The molecule has 0 aliphatic rings. The average molecular weight is 239 g/mol. The van der Waals surface area contributed by atoms with Crippen LogP contribution in [-0.4, -0.2) is 37.5 Å². The number of ether oxygens (including phenoxy) is 1. The van der Waals surface area contributed by atoms with Crippen molar-refractivity contribution in [1.29, 1.82) is 0 Å². The maximum Gasteiger partial charge on any atom is 0.307 e. The van der Waals surface area contributed by atoms with Crippen molar-refractivity contribution in [1.82, 2.24) is 4.90 Å². The van der Waals surface area contributed by atoms with Crippen molar-refractivity contribution in [2.45, 2.75) is 19.8 Å². The van der Waals surface area contributed by atoms with Gasteiger partial charge in [0.05, 0.1) is 13.5 Å². The van der Waals surface area contributed by atoms with Crippen LogP contribution in [0.4, 0.5) is 0 Å². The largest absolute Gasteiger partial charge is 0.469 e. The van der Waals surface area contributed by atoms with Crippen molar-refractivity contribution >= 4 is 11.9 Å². The minimum absolute atomic E-state index is 0.181. The molecule has 17 heavy (non-hydrogen) atoms.